The van der Waals surface area contributed by atoms with Crippen LogP contribution in [0.2, 0.25) is 0 Å². The van der Waals surface area contributed by atoms with Crippen molar-refractivity contribution in [3.63, 3.8) is 0 Å². The van der Waals surface area contributed by atoms with Gasteiger partial charge in [-0.25, -0.2) is 9.59 Å². The summed E-state index contributed by atoms with van der Waals surface area (Å²) >= 11 is 0. The quantitative estimate of drug-likeness (QED) is 0.554. The van der Waals surface area contributed by atoms with Gasteiger partial charge in [0.15, 0.2) is 11.5 Å². The Morgan fingerprint density at radius 2 is 1.33 bits per heavy atom. The van der Waals surface area contributed by atoms with Crippen LogP contribution in [0.5, 0.6) is 17.2 Å². The lowest BCUT2D eigenvalue weighted by molar-refractivity contribution is -0.137. The zero-order valence-electron chi connectivity index (χ0n) is 18.0. The molecule has 2 rings (SSSR count). The van der Waals surface area contributed by atoms with Crippen LogP contribution in [0.25, 0.3) is 0 Å². The number of rotatable bonds is 9. The lowest BCUT2D eigenvalue weighted by atomic mass is 9.83. The summed E-state index contributed by atoms with van der Waals surface area (Å²) in [5.74, 6) is -0.744. The molecule has 0 saturated heterocycles. The number of carbonyl (C=O) groups is 2. The summed E-state index contributed by atoms with van der Waals surface area (Å²) in [6, 6.07) is 3.37. The van der Waals surface area contributed by atoms with E-state index < -0.39 is 17.9 Å². The van der Waals surface area contributed by atoms with E-state index in [1.165, 1.54) is 35.5 Å². The Balaban J connectivity index is 2.70. The van der Waals surface area contributed by atoms with Gasteiger partial charge in [0, 0.05) is 26.1 Å². The van der Waals surface area contributed by atoms with Crippen molar-refractivity contribution in [1.29, 1.82) is 0 Å². The van der Waals surface area contributed by atoms with Gasteiger partial charge < -0.3 is 33.3 Å². The second kappa shape index (κ2) is 10.5. The highest BCUT2D eigenvalue weighted by molar-refractivity contribution is 5.98. The van der Waals surface area contributed by atoms with Gasteiger partial charge in [0.2, 0.25) is 5.75 Å². The highest BCUT2D eigenvalue weighted by Crippen LogP contribution is 2.44. The average Bonchev–Trinajstić information content (AvgIpc) is 2.79. The van der Waals surface area contributed by atoms with Crippen molar-refractivity contribution in [1.82, 2.24) is 4.90 Å². The van der Waals surface area contributed by atoms with Gasteiger partial charge >= 0.3 is 11.9 Å². The summed E-state index contributed by atoms with van der Waals surface area (Å²) in [4.78, 5) is 27.0. The molecule has 9 nitrogen and oxygen atoms in total. The fourth-order valence-corrected chi connectivity index (χ4v) is 3.24. The molecule has 1 aromatic carbocycles. The van der Waals surface area contributed by atoms with E-state index in [-0.39, 0.29) is 11.1 Å². The molecule has 0 aromatic heterocycles. The standard InChI is InChI=1S/C21H27NO8/c1-25-8-7-22-11-14(20(23)29-5)18(15(12-22)21(24)30-6)13-9-16(26-2)19(28-4)17(10-13)27-3/h9-12,18H,7-8H2,1-6H3. The van der Waals surface area contributed by atoms with Crippen molar-refractivity contribution in [3.8, 4) is 17.2 Å². The summed E-state index contributed by atoms with van der Waals surface area (Å²) in [6.45, 7) is 0.824. The number of hydrogen-bond acceptors (Lipinski definition) is 9. The number of hydrogen-bond donors (Lipinski definition) is 0. The summed E-state index contributed by atoms with van der Waals surface area (Å²) < 4.78 is 31.3. The predicted octanol–water partition coefficient (Wildman–Crippen LogP) is 1.87. The third kappa shape index (κ3) is 4.68. The summed E-state index contributed by atoms with van der Waals surface area (Å²) in [6.07, 6.45) is 3.26. The van der Waals surface area contributed by atoms with Crippen molar-refractivity contribution in [2.75, 3.05) is 55.8 Å². The molecule has 1 aliphatic heterocycles. The minimum Gasteiger partial charge on any atom is -0.493 e. The second-order valence-electron chi connectivity index (χ2n) is 6.27. The Kier molecular flexibility index (Phi) is 8.11. The van der Waals surface area contributed by atoms with E-state index in [0.29, 0.717) is 36.0 Å². The zero-order chi connectivity index (χ0) is 22.3. The van der Waals surface area contributed by atoms with E-state index in [2.05, 4.69) is 0 Å². The van der Waals surface area contributed by atoms with Crippen molar-refractivity contribution in [2.24, 2.45) is 0 Å². The maximum absolute atomic E-state index is 12.6. The maximum Gasteiger partial charge on any atom is 0.336 e. The van der Waals surface area contributed by atoms with Crippen molar-refractivity contribution in [3.05, 3.63) is 41.2 Å². The first kappa shape index (κ1) is 23.1. The lowest BCUT2D eigenvalue weighted by Gasteiger charge is -2.30. The molecule has 1 heterocycles. The van der Waals surface area contributed by atoms with Gasteiger partial charge in [-0.05, 0) is 17.7 Å². The molecule has 9 heteroatoms. The predicted molar refractivity (Wildman–Crippen MR) is 108 cm³/mol. The number of ether oxygens (including phenoxy) is 6. The molecule has 0 aliphatic carbocycles. The molecule has 1 aromatic rings. The smallest absolute Gasteiger partial charge is 0.336 e. The minimum atomic E-state index is -0.766. The number of carbonyl (C=O) groups excluding carboxylic acids is 2. The molecule has 0 fully saturated rings. The van der Waals surface area contributed by atoms with E-state index in [4.69, 9.17) is 28.4 Å². The zero-order valence-corrected chi connectivity index (χ0v) is 18.0. The van der Waals surface area contributed by atoms with Gasteiger partial charge in [-0.1, -0.05) is 0 Å². The van der Waals surface area contributed by atoms with Crippen LogP contribution in [-0.2, 0) is 23.8 Å². The van der Waals surface area contributed by atoms with Crippen molar-refractivity contribution >= 4 is 11.9 Å². The Bertz CT molecular complexity index is 786. The van der Waals surface area contributed by atoms with Crippen molar-refractivity contribution < 1.29 is 38.0 Å². The van der Waals surface area contributed by atoms with Crippen LogP contribution in [-0.4, -0.2) is 72.6 Å². The van der Waals surface area contributed by atoms with Gasteiger partial charge in [0.1, 0.15) is 0 Å². The van der Waals surface area contributed by atoms with Gasteiger partial charge in [-0.15, -0.1) is 0 Å². The van der Waals surface area contributed by atoms with Gasteiger partial charge in [-0.2, -0.15) is 0 Å². The molecule has 30 heavy (non-hydrogen) atoms. The third-order valence-corrected chi connectivity index (χ3v) is 4.65. The molecule has 0 radical (unpaired) electrons. The molecule has 1 aliphatic rings. The highest BCUT2D eigenvalue weighted by atomic mass is 16.5. The van der Waals surface area contributed by atoms with Crippen LogP contribution in [0, 0.1) is 0 Å². The maximum atomic E-state index is 12.6. The number of esters is 2. The summed E-state index contributed by atoms with van der Waals surface area (Å²) in [5, 5.41) is 0. The minimum absolute atomic E-state index is 0.255. The van der Waals surface area contributed by atoms with Crippen LogP contribution in [0.1, 0.15) is 11.5 Å². The average molecular weight is 421 g/mol. The van der Waals surface area contributed by atoms with Gasteiger partial charge in [0.25, 0.3) is 0 Å². The number of nitrogens with zero attached hydrogens (tertiary/aromatic N) is 1. The number of methoxy groups -OCH3 is 6. The number of benzene rings is 1. The first-order chi connectivity index (χ1) is 14.4. The molecule has 0 unspecified atom stereocenters. The van der Waals surface area contributed by atoms with Crippen LogP contribution in [0.4, 0.5) is 0 Å². The SMILES string of the molecule is COCCN1C=C(C(=O)OC)C(c2cc(OC)c(OC)c(OC)c2)C(C(=O)OC)=C1. The fraction of sp³-hybridized carbons (Fsp3) is 0.429. The molecule has 164 valence electrons. The Labute approximate surface area is 175 Å². The van der Waals surface area contributed by atoms with Crippen LogP contribution >= 0.6 is 0 Å². The second-order valence-corrected chi connectivity index (χ2v) is 6.27. The Morgan fingerprint density at radius 1 is 0.833 bits per heavy atom. The molecular weight excluding hydrogens is 394 g/mol. The first-order valence-electron chi connectivity index (χ1n) is 9.10. The van der Waals surface area contributed by atoms with Crippen LogP contribution < -0.4 is 14.2 Å². The van der Waals surface area contributed by atoms with Crippen LogP contribution in [0.15, 0.2) is 35.7 Å². The molecular formula is C21H27NO8. The largest absolute Gasteiger partial charge is 0.493 e. The Hall–Kier alpha value is -3.20. The van der Waals surface area contributed by atoms with E-state index in [0.717, 1.165) is 0 Å². The highest BCUT2D eigenvalue weighted by Gasteiger charge is 2.36. The fourth-order valence-electron chi connectivity index (χ4n) is 3.24. The Morgan fingerprint density at radius 3 is 1.70 bits per heavy atom. The molecule has 0 amide bonds. The van der Waals surface area contributed by atoms with E-state index in [9.17, 15) is 9.59 Å². The lowest BCUT2D eigenvalue weighted by Crippen LogP contribution is -2.30. The molecule has 0 N–H and O–H groups in total. The molecule has 0 spiro atoms. The van der Waals surface area contributed by atoms with Gasteiger partial charge in [0.05, 0.1) is 59.2 Å². The topological polar surface area (TPSA) is 92.8 Å². The first-order valence-corrected chi connectivity index (χ1v) is 9.10. The van der Waals surface area contributed by atoms with E-state index in [1.54, 1.807) is 36.5 Å². The van der Waals surface area contributed by atoms with Crippen LogP contribution in [0.3, 0.4) is 0 Å². The third-order valence-electron chi connectivity index (χ3n) is 4.65. The normalized spacial score (nSPS) is 13.9. The summed E-state index contributed by atoms with van der Waals surface area (Å²) in [5.41, 5.74) is 1.08. The summed E-state index contributed by atoms with van der Waals surface area (Å²) in [7, 11) is 8.60. The van der Waals surface area contributed by atoms with Crippen molar-refractivity contribution in [2.45, 2.75) is 5.92 Å². The molecule has 0 bridgehead atoms. The molecule has 0 saturated carbocycles. The molecule has 0 atom stereocenters. The van der Waals surface area contributed by atoms with E-state index in [1.807, 2.05) is 0 Å². The van der Waals surface area contributed by atoms with Gasteiger partial charge in [-0.3, -0.25) is 0 Å². The van der Waals surface area contributed by atoms with E-state index >= 15 is 0 Å². The monoisotopic (exact) mass is 421 g/mol.